The molecule has 1 aliphatic rings. The van der Waals surface area contributed by atoms with Crippen molar-refractivity contribution >= 4 is 20.7 Å². The van der Waals surface area contributed by atoms with Crippen LogP contribution in [-0.2, 0) is 15.7 Å². The molecular formula is C25H28N6O2S. The molecule has 0 aliphatic carbocycles. The number of rotatable bonds is 6. The van der Waals surface area contributed by atoms with Gasteiger partial charge in [0.1, 0.15) is 0 Å². The molecule has 8 nitrogen and oxygen atoms in total. The van der Waals surface area contributed by atoms with Crippen molar-refractivity contribution in [3.63, 3.8) is 0 Å². The molecule has 2 aromatic carbocycles. The monoisotopic (exact) mass is 476 g/mol. The lowest BCUT2D eigenvalue weighted by atomic mass is 10.0. The molecule has 176 valence electrons. The van der Waals surface area contributed by atoms with Crippen molar-refractivity contribution in [2.75, 3.05) is 13.1 Å². The number of aryl methyl sites for hydroxylation is 1. The van der Waals surface area contributed by atoms with Crippen LogP contribution in [0.25, 0.3) is 10.9 Å². The highest BCUT2D eigenvalue weighted by molar-refractivity contribution is 7.90. The molecule has 1 saturated heterocycles. The Morgan fingerprint density at radius 3 is 2.50 bits per heavy atom. The summed E-state index contributed by atoms with van der Waals surface area (Å²) in [4.78, 5) is 7.09. The van der Waals surface area contributed by atoms with Crippen LogP contribution in [0, 0.1) is 6.92 Å². The molecule has 4 aromatic rings. The van der Waals surface area contributed by atoms with E-state index in [0.29, 0.717) is 5.82 Å². The fourth-order valence-corrected chi connectivity index (χ4v) is 5.83. The lowest BCUT2D eigenvalue weighted by Gasteiger charge is -2.30. The van der Waals surface area contributed by atoms with Crippen LogP contribution in [0.15, 0.2) is 65.7 Å². The molecule has 1 aliphatic heterocycles. The Kier molecular flexibility index (Phi) is 6.38. The first-order valence-corrected chi connectivity index (χ1v) is 13.3. The maximum absolute atomic E-state index is 13.2. The van der Waals surface area contributed by atoms with Gasteiger partial charge in [0.15, 0.2) is 21.5 Å². The fourth-order valence-electron chi connectivity index (χ4n) is 4.62. The summed E-state index contributed by atoms with van der Waals surface area (Å²) >= 11 is 0. The molecule has 2 aromatic heterocycles. The van der Waals surface area contributed by atoms with Crippen LogP contribution in [0.1, 0.15) is 48.7 Å². The van der Waals surface area contributed by atoms with Crippen molar-refractivity contribution < 1.29 is 8.42 Å². The van der Waals surface area contributed by atoms with Gasteiger partial charge in [0.2, 0.25) is 0 Å². The Labute approximate surface area is 199 Å². The zero-order valence-corrected chi connectivity index (χ0v) is 20.0. The number of benzene rings is 2. The van der Waals surface area contributed by atoms with Gasteiger partial charge in [-0.25, -0.2) is 13.1 Å². The number of fused-ring (bicyclic) bond motifs is 1. The molecule has 1 fully saturated rings. The van der Waals surface area contributed by atoms with Crippen molar-refractivity contribution in [3.05, 3.63) is 77.7 Å². The van der Waals surface area contributed by atoms with Gasteiger partial charge in [0, 0.05) is 11.6 Å². The summed E-state index contributed by atoms with van der Waals surface area (Å²) in [6.07, 6.45) is 6.35. The molecule has 5 rings (SSSR count). The zero-order valence-electron chi connectivity index (χ0n) is 19.2. The Morgan fingerprint density at radius 2 is 1.74 bits per heavy atom. The van der Waals surface area contributed by atoms with Crippen molar-refractivity contribution in [2.24, 2.45) is 0 Å². The summed E-state index contributed by atoms with van der Waals surface area (Å²) in [6, 6.07) is 16.8. The molecule has 0 spiro atoms. The minimum absolute atomic E-state index is 0.245. The van der Waals surface area contributed by atoms with Gasteiger partial charge in [0.05, 0.1) is 16.5 Å². The second-order valence-corrected chi connectivity index (χ2v) is 10.9. The van der Waals surface area contributed by atoms with Gasteiger partial charge in [-0.05, 0) is 79.2 Å². The highest BCUT2D eigenvalue weighted by Gasteiger charge is 2.30. The normalized spacial score (nSPS) is 16.4. The highest BCUT2D eigenvalue weighted by atomic mass is 32.2. The van der Waals surface area contributed by atoms with E-state index in [-0.39, 0.29) is 16.8 Å². The summed E-state index contributed by atoms with van der Waals surface area (Å²) in [5.41, 5.74) is 2.96. The predicted molar refractivity (Wildman–Crippen MR) is 130 cm³/mol. The highest BCUT2D eigenvalue weighted by Crippen LogP contribution is 2.31. The van der Waals surface area contributed by atoms with E-state index in [0.717, 1.165) is 48.0 Å². The summed E-state index contributed by atoms with van der Waals surface area (Å²) in [7, 11) is -3.62. The quantitative estimate of drug-likeness (QED) is 0.416. The second kappa shape index (κ2) is 9.60. The van der Waals surface area contributed by atoms with E-state index in [2.05, 4.69) is 37.5 Å². The van der Waals surface area contributed by atoms with Crippen molar-refractivity contribution in [1.29, 1.82) is 0 Å². The van der Waals surface area contributed by atoms with Crippen LogP contribution in [0.3, 0.4) is 0 Å². The zero-order chi connectivity index (χ0) is 23.5. The number of aromatic nitrogens is 5. The van der Waals surface area contributed by atoms with Gasteiger partial charge in [-0.2, -0.15) is 0 Å². The third-order valence-electron chi connectivity index (χ3n) is 6.43. The Bertz CT molecular complexity index is 1380. The van der Waals surface area contributed by atoms with Gasteiger partial charge >= 0.3 is 0 Å². The first-order valence-electron chi connectivity index (χ1n) is 11.7. The summed E-state index contributed by atoms with van der Waals surface area (Å²) in [6.45, 7) is 3.75. The van der Waals surface area contributed by atoms with E-state index in [1.807, 2.05) is 25.1 Å². The van der Waals surface area contributed by atoms with Crippen molar-refractivity contribution in [3.8, 4) is 0 Å². The van der Waals surface area contributed by atoms with E-state index in [4.69, 9.17) is 0 Å². The van der Waals surface area contributed by atoms with Crippen LogP contribution < -0.4 is 0 Å². The molecule has 0 bridgehead atoms. The maximum atomic E-state index is 13.2. The van der Waals surface area contributed by atoms with Gasteiger partial charge in [-0.15, -0.1) is 5.10 Å². The molecule has 0 N–H and O–H groups in total. The molecular weight excluding hydrogens is 448 g/mol. The van der Waals surface area contributed by atoms with Gasteiger partial charge < -0.3 is 0 Å². The summed E-state index contributed by atoms with van der Waals surface area (Å²) < 4.78 is 27.8. The first kappa shape index (κ1) is 22.6. The fraction of sp³-hybridized carbons (Fsp3) is 0.360. The minimum atomic E-state index is -3.62. The van der Waals surface area contributed by atoms with Crippen LogP contribution in [-0.4, -0.2) is 51.6 Å². The maximum Gasteiger partial charge on any atom is 0.198 e. The standard InChI is InChI=1S/C25H28N6O2S/c1-19-8-11-22(12-9-19)34(32,33)18-31-25(27-28-29-31)24(30-15-4-2-3-5-16-30)21-10-13-23-20(17-21)7-6-14-26-23/h6-14,17,24H,2-5,15-16,18H2,1H3. The molecule has 9 heteroatoms. The first-order chi connectivity index (χ1) is 16.5. The van der Waals surface area contributed by atoms with E-state index in [1.54, 1.807) is 30.5 Å². The third-order valence-corrected chi connectivity index (χ3v) is 8.00. The van der Waals surface area contributed by atoms with E-state index >= 15 is 0 Å². The number of likely N-dealkylation sites (tertiary alicyclic amines) is 1. The molecule has 1 atom stereocenters. The van der Waals surface area contributed by atoms with Crippen molar-refractivity contribution in [2.45, 2.75) is 49.4 Å². The molecule has 34 heavy (non-hydrogen) atoms. The number of hydrogen-bond donors (Lipinski definition) is 0. The predicted octanol–water partition coefficient (Wildman–Crippen LogP) is 3.93. The van der Waals surface area contributed by atoms with Crippen molar-refractivity contribution in [1.82, 2.24) is 30.1 Å². The van der Waals surface area contributed by atoms with E-state index in [1.165, 1.54) is 17.5 Å². The molecule has 0 amide bonds. The average Bonchev–Trinajstić information content (AvgIpc) is 3.10. The molecule has 3 heterocycles. The minimum Gasteiger partial charge on any atom is -0.290 e. The largest absolute Gasteiger partial charge is 0.290 e. The number of hydrogen-bond acceptors (Lipinski definition) is 7. The average molecular weight is 477 g/mol. The molecule has 0 saturated carbocycles. The number of nitrogens with zero attached hydrogens (tertiary/aromatic N) is 6. The third kappa shape index (κ3) is 4.71. The van der Waals surface area contributed by atoms with E-state index in [9.17, 15) is 8.42 Å². The second-order valence-electron chi connectivity index (χ2n) is 8.90. The van der Waals surface area contributed by atoms with E-state index < -0.39 is 9.84 Å². The number of tetrazole rings is 1. The van der Waals surface area contributed by atoms with Gasteiger partial charge in [-0.3, -0.25) is 9.88 Å². The molecule has 1 unspecified atom stereocenters. The SMILES string of the molecule is Cc1ccc(S(=O)(=O)Cn2nnnc2C(c2ccc3ncccc3c2)N2CCCCCC2)cc1. The topological polar surface area (TPSA) is 93.9 Å². The number of pyridine rings is 1. The lowest BCUT2D eigenvalue weighted by Crippen LogP contribution is -2.33. The van der Waals surface area contributed by atoms with Crippen LogP contribution in [0.5, 0.6) is 0 Å². The lowest BCUT2D eigenvalue weighted by molar-refractivity contribution is 0.222. The summed E-state index contributed by atoms with van der Waals surface area (Å²) in [5.74, 6) is 0.235. The Balaban J connectivity index is 1.55. The van der Waals surface area contributed by atoms with Crippen LogP contribution in [0.4, 0.5) is 0 Å². The smallest absolute Gasteiger partial charge is 0.198 e. The van der Waals surface area contributed by atoms with Gasteiger partial charge in [0.25, 0.3) is 0 Å². The van der Waals surface area contributed by atoms with Crippen LogP contribution >= 0.6 is 0 Å². The van der Waals surface area contributed by atoms with Gasteiger partial charge in [-0.1, -0.05) is 42.7 Å². The number of sulfone groups is 1. The Morgan fingerprint density at radius 1 is 0.971 bits per heavy atom. The summed E-state index contributed by atoms with van der Waals surface area (Å²) in [5, 5.41) is 13.4. The Hall–Kier alpha value is -3.17. The van der Waals surface area contributed by atoms with Crippen LogP contribution in [0.2, 0.25) is 0 Å². The molecule has 0 radical (unpaired) electrons.